The Morgan fingerprint density at radius 3 is 2.41 bits per heavy atom. The Morgan fingerprint density at radius 1 is 1.24 bits per heavy atom. The Morgan fingerprint density at radius 2 is 1.88 bits per heavy atom. The molecular formula is C26H37N3O4S. The van der Waals surface area contributed by atoms with E-state index in [1.165, 1.54) is 0 Å². The predicted octanol–water partition coefficient (Wildman–Crippen LogP) is 3.83. The van der Waals surface area contributed by atoms with Gasteiger partial charge in [-0.1, -0.05) is 37.5 Å². The van der Waals surface area contributed by atoms with Crippen molar-refractivity contribution >= 4 is 30.5 Å². The van der Waals surface area contributed by atoms with Crippen molar-refractivity contribution in [2.24, 2.45) is 0 Å². The Kier molecular flexibility index (Phi) is 9.87. The SMILES string of the molecule is C#Cc1ccccc1C(C(=O)NC(C)CCC)N(C(=O)C(CS)NC(=O)OC(C)(C)C)C1CC1. The monoisotopic (exact) mass is 487 g/mol. The number of ether oxygens (including phenoxy) is 1. The Balaban J connectivity index is 2.43. The highest BCUT2D eigenvalue weighted by molar-refractivity contribution is 7.80. The summed E-state index contributed by atoms with van der Waals surface area (Å²) in [6, 6.07) is 5.08. The quantitative estimate of drug-likeness (QED) is 0.346. The van der Waals surface area contributed by atoms with Gasteiger partial charge in [0.2, 0.25) is 11.8 Å². The van der Waals surface area contributed by atoms with E-state index in [1.54, 1.807) is 49.9 Å². The minimum Gasteiger partial charge on any atom is -0.444 e. The summed E-state index contributed by atoms with van der Waals surface area (Å²) in [5.74, 6) is 2.01. The molecule has 0 radical (unpaired) electrons. The average Bonchev–Trinajstić information content (AvgIpc) is 3.59. The van der Waals surface area contributed by atoms with Crippen LogP contribution in [-0.4, -0.2) is 52.3 Å². The number of alkyl carbamates (subject to hydrolysis) is 1. The molecule has 0 aliphatic heterocycles. The molecule has 1 aromatic carbocycles. The maximum absolute atomic E-state index is 13.8. The van der Waals surface area contributed by atoms with Crippen molar-refractivity contribution in [1.29, 1.82) is 0 Å². The van der Waals surface area contributed by atoms with Gasteiger partial charge in [-0.25, -0.2) is 4.79 Å². The first-order valence-corrected chi connectivity index (χ1v) is 12.4. The van der Waals surface area contributed by atoms with Crippen LogP contribution in [0.2, 0.25) is 0 Å². The van der Waals surface area contributed by atoms with Crippen molar-refractivity contribution in [1.82, 2.24) is 15.5 Å². The van der Waals surface area contributed by atoms with E-state index in [9.17, 15) is 14.4 Å². The molecule has 1 aliphatic carbocycles. The summed E-state index contributed by atoms with van der Waals surface area (Å²) in [6.45, 7) is 9.22. The van der Waals surface area contributed by atoms with Gasteiger partial charge in [-0.05, 0) is 58.6 Å². The molecule has 3 amide bonds. The van der Waals surface area contributed by atoms with Gasteiger partial charge in [0.25, 0.3) is 0 Å². The molecule has 3 unspecified atom stereocenters. The predicted molar refractivity (Wildman–Crippen MR) is 137 cm³/mol. The molecule has 34 heavy (non-hydrogen) atoms. The third kappa shape index (κ3) is 7.69. The van der Waals surface area contributed by atoms with Gasteiger partial charge in [0.1, 0.15) is 17.7 Å². The van der Waals surface area contributed by atoms with Crippen LogP contribution in [0.15, 0.2) is 24.3 Å². The highest BCUT2D eigenvalue weighted by Crippen LogP contribution is 2.36. The van der Waals surface area contributed by atoms with Crippen molar-refractivity contribution in [2.45, 2.75) is 90.1 Å². The molecule has 0 bridgehead atoms. The van der Waals surface area contributed by atoms with Crippen molar-refractivity contribution < 1.29 is 19.1 Å². The largest absolute Gasteiger partial charge is 0.444 e. The zero-order valence-electron chi connectivity index (χ0n) is 20.8. The molecule has 0 spiro atoms. The Bertz CT molecular complexity index is 917. The smallest absolute Gasteiger partial charge is 0.408 e. The maximum atomic E-state index is 13.8. The van der Waals surface area contributed by atoms with E-state index in [1.807, 2.05) is 13.8 Å². The second-order valence-corrected chi connectivity index (χ2v) is 10.1. The van der Waals surface area contributed by atoms with Gasteiger partial charge in [-0.3, -0.25) is 9.59 Å². The van der Waals surface area contributed by atoms with E-state index in [2.05, 4.69) is 29.2 Å². The number of carbonyl (C=O) groups excluding carboxylic acids is 3. The first kappa shape index (κ1) is 27.6. The number of carbonyl (C=O) groups is 3. The summed E-state index contributed by atoms with van der Waals surface area (Å²) < 4.78 is 5.32. The standard InChI is InChI=1S/C26H37N3O4S/c1-7-11-17(3)27-23(30)22(20-13-10-9-12-18(20)8-2)29(19-14-15-19)24(31)21(16-34)28-25(32)33-26(4,5)6/h2,9-10,12-13,17,19,21-22,34H,7,11,14-16H2,1,3-6H3,(H,27,30)(H,28,32). The third-order valence-electron chi connectivity index (χ3n) is 5.41. The lowest BCUT2D eigenvalue weighted by atomic mass is 9.97. The van der Waals surface area contributed by atoms with Crippen molar-refractivity contribution in [2.75, 3.05) is 5.75 Å². The molecule has 0 aromatic heterocycles. The van der Waals surface area contributed by atoms with Crippen LogP contribution >= 0.6 is 12.6 Å². The second-order valence-electron chi connectivity index (χ2n) is 9.69. The lowest BCUT2D eigenvalue weighted by Crippen LogP contribution is -2.55. The lowest BCUT2D eigenvalue weighted by Gasteiger charge is -2.35. The fourth-order valence-electron chi connectivity index (χ4n) is 3.80. The molecular weight excluding hydrogens is 450 g/mol. The van der Waals surface area contributed by atoms with Crippen LogP contribution in [0.25, 0.3) is 0 Å². The number of thiol groups is 1. The molecule has 8 heteroatoms. The zero-order valence-corrected chi connectivity index (χ0v) is 21.7. The van der Waals surface area contributed by atoms with Gasteiger partial charge >= 0.3 is 6.09 Å². The van der Waals surface area contributed by atoms with Crippen molar-refractivity contribution in [3.63, 3.8) is 0 Å². The number of terminal acetylenes is 1. The fourth-order valence-corrected chi connectivity index (χ4v) is 4.04. The number of hydrogen-bond acceptors (Lipinski definition) is 5. The summed E-state index contributed by atoms with van der Waals surface area (Å²) in [4.78, 5) is 41.3. The van der Waals surface area contributed by atoms with Crippen molar-refractivity contribution in [3.8, 4) is 12.3 Å². The average molecular weight is 488 g/mol. The van der Waals surface area contributed by atoms with E-state index in [4.69, 9.17) is 11.2 Å². The summed E-state index contributed by atoms with van der Waals surface area (Å²) in [6.07, 6.45) is 8.30. The van der Waals surface area contributed by atoms with Gasteiger partial charge in [0, 0.05) is 23.4 Å². The van der Waals surface area contributed by atoms with E-state index in [-0.39, 0.29) is 23.7 Å². The normalized spacial score (nSPS) is 15.9. The first-order valence-electron chi connectivity index (χ1n) is 11.8. The van der Waals surface area contributed by atoms with Gasteiger partial charge in [-0.15, -0.1) is 6.42 Å². The Hall–Kier alpha value is -2.66. The van der Waals surface area contributed by atoms with Gasteiger partial charge < -0.3 is 20.3 Å². The fraction of sp³-hybridized carbons (Fsp3) is 0.577. The molecule has 0 saturated heterocycles. The van der Waals surface area contributed by atoms with Gasteiger partial charge in [-0.2, -0.15) is 12.6 Å². The number of hydrogen-bond donors (Lipinski definition) is 3. The maximum Gasteiger partial charge on any atom is 0.408 e. The summed E-state index contributed by atoms with van der Waals surface area (Å²) in [7, 11) is 0. The Labute approximate surface area is 208 Å². The van der Waals surface area contributed by atoms with Crippen LogP contribution < -0.4 is 10.6 Å². The topological polar surface area (TPSA) is 87.7 Å². The molecule has 7 nitrogen and oxygen atoms in total. The van der Waals surface area contributed by atoms with Crippen LogP contribution in [0.5, 0.6) is 0 Å². The minimum absolute atomic E-state index is 0.0542. The van der Waals surface area contributed by atoms with Crippen LogP contribution in [0, 0.1) is 12.3 Å². The molecule has 2 N–H and O–H groups in total. The molecule has 0 heterocycles. The number of nitrogens with zero attached hydrogens (tertiary/aromatic N) is 1. The summed E-state index contributed by atoms with van der Waals surface area (Å²) >= 11 is 4.30. The van der Waals surface area contributed by atoms with Crippen LogP contribution in [0.3, 0.4) is 0 Å². The molecule has 1 saturated carbocycles. The third-order valence-corrected chi connectivity index (χ3v) is 5.78. The van der Waals surface area contributed by atoms with E-state index >= 15 is 0 Å². The molecule has 186 valence electrons. The molecule has 3 atom stereocenters. The summed E-state index contributed by atoms with van der Waals surface area (Å²) in [5.41, 5.74) is 0.419. The number of nitrogens with one attached hydrogen (secondary N) is 2. The molecule has 1 aliphatic rings. The zero-order chi connectivity index (χ0) is 25.5. The lowest BCUT2D eigenvalue weighted by molar-refractivity contribution is -0.143. The van der Waals surface area contributed by atoms with Crippen LogP contribution in [0.1, 0.15) is 77.5 Å². The second kappa shape index (κ2) is 12.2. The molecule has 1 aromatic rings. The van der Waals surface area contributed by atoms with Crippen molar-refractivity contribution in [3.05, 3.63) is 35.4 Å². The van der Waals surface area contributed by atoms with Crippen LogP contribution in [-0.2, 0) is 14.3 Å². The van der Waals surface area contributed by atoms with Gasteiger partial charge in [0.15, 0.2) is 0 Å². The number of benzene rings is 1. The number of amides is 3. The minimum atomic E-state index is -0.958. The molecule has 1 fully saturated rings. The van der Waals surface area contributed by atoms with Gasteiger partial charge in [0.05, 0.1) is 0 Å². The molecule has 2 rings (SSSR count). The van der Waals surface area contributed by atoms with E-state index in [0.717, 1.165) is 25.7 Å². The highest BCUT2D eigenvalue weighted by Gasteiger charge is 2.44. The van der Waals surface area contributed by atoms with E-state index in [0.29, 0.717) is 11.1 Å². The van der Waals surface area contributed by atoms with Crippen LogP contribution in [0.4, 0.5) is 4.79 Å². The summed E-state index contributed by atoms with van der Waals surface area (Å²) in [5, 5.41) is 5.67. The van der Waals surface area contributed by atoms with E-state index < -0.39 is 29.7 Å². The highest BCUT2D eigenvalue weighted by atomic mass is 32.1. The first-order chi connectivity index (χ1) is 16.0. The number of rotatable bonds is 10.